The summed E-state index contributed by atoms with van der Waals surface area (Å²) < 4.78 is 0. The maximum absolute atomic E-state index is 8.05. The molecule has 0 aromatic carbocycles. The Morgan fingerprint density at radius 2 is 1.81 bits per heavy atom. The van der Waals surface area contributed by atoms with Gasteiger partial charge in [-0.25, -0.2) is 0 Å². The lowest BCUT2D eigenvalue weighted by atomic mass is 9.72. The quantitative estimate of drug-likeness (QED) is 0.571. The predicted octanol–water partition coefficient (Wildman–Crippen LogP) is 5.23. The Morgan fingerprint density at radius 1 is 1.07 bits per heavy atom. The molecular weight excluding hydrogens is 332 g/mol. The minimum absolute atomic E-state index is 0.632. The van der Waals surface area contributed by atoms with Gasteiger partial charge >= 0.3 is 0 Å². The van der Waals surface area contributed by atoms with Crippen molar-refractivity contribution in [1.82, 2.24) is 10.2 Å². The van der Waals surface area contributed by atoms with Gasteiger partial charge in [0.25, 0.3) is 0 Å². The summed E-state index contributed by atoms with van der Waals surface area (Å²) in [6.07, 6.45) is 15.7. The Hall–Kier alpha value is -1.06. The van der Waals surface area contributed by atoms with Crippen LogP contribution in [0.5, 0.6) is 0 Å². The Bertz CT molecular complexity index is 501. The zero-order valence-corrected chi connectivity index (χ0v) is 17.8. The molecule has 0 radical (unpaired) electrons. The van der Waals surface area contributed by atoms with E-state index in [1.165, 1.54) is 70.2 Å². The van der Waals surface area contributed by atoms with Crippen molar-refractivity contribution < 1.29 is 0 Å². The van der Waals surface area contributed by atoms with Crippen LogP contribution in [-0.2, 0) is 0 Å². The van der Waals surface area contributed by atoms with E-state index in [9.17, 15) is 0 Å². The van der Waals surface area contributed by atoms with Gasteiger partial charge in [0.05, 0.1) is 6.54 Å². The van der Waals surface area contributed by atoms with Crippen LogP contribution in [0.25, 0.3) is 0 Å². The molecule has 0 bridgehead atoms. The molecule has 0 amide bonds. The van der Waals surface area contributed by atoms with Crippen molar-refractivity contribution in [2.45, 2.75) is 96.9 Å². The fourth-order valence-electron chi connectivity index (χ4n) is 5.69. The Labute approximate surface area is 167 Å². The number of nitrogens with one attached hydrogen (secondary N) is 2. The maximum atomic E-state index is 8.05. The lowest BCUT2D eigenvalue weighted by molar-refractivity contribution is 0.195. The predicted molar refractivity (Wildman–Crippen MR) is 116 cm³/mol. The van der Waals surface area contributed by atoms with E-state index >= 15 is 0 Å². The van der Waals surface area contributed by atoms with Crippen LogP contribution in [0, 0.1) is 23.2 Å². The summed E-state index contributed by atoms with van der Waals surface area (Å²) in [4.78, 5) is 7.17. The maximum Gasteiger partial charge on any atom is 0.194 e. The third-order valence-corrected chi connectivity index (χ3v) is 7.06. The van der Waals surface area contributed by atoms with Gasteiger partial charge in [0.15, 0.2) is 5.96 Å². The molecular formula is C23H42N4. The molecule has 2 aliphatic carbocycles. The van der Waals surface area contributed by atoms with Gasteiger partial charge in [0, 0.05) is 24.8 Å². The largest absolute Gasteiger partial charge is 0.353 e. The first-order chi connectivity index (χ1) is 13.2. The van der Waals surface area contributed by atoms with Crippen molar-refractivity contribution in [3.05, 3.63) is 0 Å². The molecule has 4 nitrogen and oxygen atoms in total. The van der Waals surface area contributed by atoms with E-state index in [1.54, 1.807) is 0 Å². The first-order valence-electron chi connectivity index (χ1n) is 11.8. The molecule has 1 heterocycles. The number of guanidine groups is 1. The second-order valence-corrected chi connectivity index (χ2v) is 9.36. The molecule has 2 saturated carbocycles. The van der Waals surface area contributed by atoms with E-state index in [0.29, 0.717) is 6.04 Å². The minimum Gasteiger partial charge on any atom is -0.353 e. The summed E-state index contributed by atoms with van der Waals surface area (Å²) in [6, 6.07) is 0.632. The van der Waals surface area contributed by atoms with Crippen LogP contribution >= 0.6 is 0 Å². The van der Waals surface area contributed by atoms with E-state index < -0.39 is 0 Å². The molecule has 154 valence electrons. The molecule has 2 fully saturated rings. The monoisotopic (exact) mass is 374 g/mol. The summed E-state index contributed by atoms with van der Waals surface area (Å²) >= 11 is 0. The average Bonchev–Trinajstić information content (AvgIpc) is 3.09. The minimum atomic E-state index is 0.632. The highest BCUT2D eigenvalue weighted by Crippen LogP contribution is 2.38. The molecule has 0 aromatic rings. The van der Waals surface area contributed by atoms with Gasteiger partial charge in [-0.15, -0.1) is 0 Å². The summed E-state index contributed by atoms with van der Waals surface area (Å²) in [5.74, 6) is 3.78. The topological polar surface area (TPSA) is 51.5 Å². The number of hydrogen-bond acceptors (Lipinski definition) is 4. The highest BCUT2D eigenvalue weighted by atomic mass is 15.3. The summed E-state index contributed by atoms with van der Waals surface area (Å²) in [7, 11) is 0. The molecule has 0 saturated heterocycles. The van der Waals surface area contributed by atoms with Crippen molar-refractivity contribution in [2.24, 2.45) is 22.7 Å². The van der Waals surface area contributed by atoms with Gasteiger partial charge in [-0.05, 0) is 62.7 Å². The second-order valence-electron chi connectivity index (χ2n) is 9.36. The van der Waals surface area contributed by atoms with E-state index in [4.69, 9.17) is 10.4 Å². The van der Waals surface area contributed by atoms with E-state index in [1.807, 2.05) is 0 Å². The zero-order valence-electron chi connectivity index (χ0n) is 17.8. The first-order valence-corrected chi connectivity index (χ1v) is 11.8. The van der Waals surface area contributed by atoms with Crippen LogP contribution < -0.4 is 5.32 Å². The van der Waals surface area contributed by atoms with E-state index in [-0.39, 0.29) is 0 Å². The third-order valence-electron chi connectivity index (χ3n) is 7.06. The Morgan fingerprint density at radius 3 is 2.59 bits per heavy atom. The van der Waals surface area contributed by atoms with E-state index in [2.05, 4.69) is 24.1 Å². The van der Waals surface area contributed by atoms with Crippen molar-refractivity contribution >= 4 is 11.7 Å². The molecule has 2 N–H and O–H groups in total. The molecule has 4 heteroatoms. The standard InChI is InChI=1S/C23H42N4/c1-3-12-27-13-11-25-23(27)26-22-10-6-9-20(17-22)15-18-7-5-8-19(14-18)16-21(24)4-2/h18-20,22,24H,3-17H2,1-2H3,(H,25,26). The van der Waals surface area contributed by atoms with Crippen molar-refractivity contribution in [3.8, 4) is 0 Å². The third kappa shape index (κ3) is 6.22. The normalized spacial score (nSPS) is 31.6. The molecule has 0 aromatic heterocycles. The number of hydrogen-bond donors (Lipinski definition) is 2. The molecule has 3 rings (SSSR count). The Balaban J connectivity index is 1.44. The molecule has 1 aliphatic heterocycles. The van der Waals surface area contributed by atoms with E-state index in [0.717, 1.165) is 55.9 Å². The van der Waals surface area contributed by atoms with Crippen molar-refractivity contribution in [1.29, 1.82) is 5.41 Å². The summed E-state index contributed by atoms with van der Waals surface area (Å²) in [5.41, 5.74) is 0.969. The number of rotatable bonds is 8. The van der Waals surface area contributed by atoms with Crippen LogP contribution in [-0.4, -0.2) is 42.2 Å². The van der Waals surface area contributed by atoms with Gasteiger partial charge in [-0.3, -0.25) is 4.99 Å². The second kappa shape index (κ2) is 10.5. The van der Waals surface area contributed by atoms with Crippen molar-refractivity contribution in [3.63, 3.8) is 0 Å². The van der Waals surface area contributed by atoms with Crippen molar-refractivity contribution in [2.75, 3.05) is 19.6 Å². The van der Waals surface area contributed by atoms with Gasteiger partial charge in [-0.1, -0.05) is 46.0 Å². The summed E-state index contributed by atoms with van der Waals surface area (Å²) in [5, 5.41) is 11.9. The number of nitrogens with zero attached hydrogens (tertiary/aromatic N) is 2. The van der Waals surface area contributed by atoms with Gasteiger partial charge < -0.3 is 15.6 Å². The van der Waals surface area contributed by atoms with Crippen LogP contribution in [0.1, 0.15) is 90.9 Å². The smallest absolute Gasteiger partial charge is 0.194 e. The molecule has 0 spiro atoms. The number of aliphatic imine (C=N–C) groups is 1. The fourth-order valence-corrected chi connectivity index (χ4v) is 5.69. The molecule has 4 unspecified atom stereocenters. The Kier molecular flexibility index (Phi) is 8.02. The first kappa shape index (κ1) is 20.7. The van der Waals surface area contributed by atoms with Gasteiger partial charge in [0.1, 0.15) is 0 Å². The molecule has 3 aliphatic rings. The molecule has 27 heavy (non-hydrogen) atoms. The van der Waals surface area contributed by atoms with Crippen LogP contribution in [0.2, 0.25) is 0 Å². The lowest BCUT2D eigenvalue weighted by Gasteiger charge is -2.36. The average molecular weight is 375 g/mol. The highest BCUT2D eigenvalue weighted by Gasteiger charge is 2.29. The van der Waals surface area contributed by atoms with Crippen LogP contribution in [0.15, 0.2) is 4.99 Å². The fraction of sp³-hybridized carbons (Fsp3) is 0.913. The van der Waals surface area contributed by atoms with Crippen LogP contribution in [0.3, 0.4) is 0 Å². The molecule has 4 atom stereocenters. The lowest BCUT2D eigenvalue weighted by Crippen LogP contribution is -2.45. The van der Waals surface area contributed by atoms with Gasteiger partial charge in [-0.2, -0.15) is 0 Å². The highest BCUT2D eigenvalue weighted by molar-refractivity contribution is 5.82. The van der Waals surface area contributed by atoms with Crippen LogP contribution in [0.4, 0.5) is 0 Å². The summed E-state index contributed by atoms with van der Waals surface area (Å²) in [6.45, 7) is 7.59. The van der Waals surface area contributed by atoms with Gasteiger partial charge in [0.2, 0.25) is 0 Å². The zero-order chi connectivity index (χ0) is 19.1. The SMILES string of the molecule is CCCN1CCN=C1NC1CCCC(CC2CCCC(CC(=N)CC)C2)C1.